The zero-order chi connectivity index (χ0) is 18.2. The molecule has 0 radical (unpaired) electrons. The number of carbonyl (C=O) groups excluding carboxylic acids is 1. The van der Waals surface area contributed by atoms with Gasteiger partial charge in [0.15, 0.2) is 0 Å². The second kappa shape index (κ2) is 6.29. The summed E-state index contributed by atoms with van der Waals surface area (Å²) in [5, 5.41) is 31.3. The predicted molar refractivity (Wildman–Crippen MR) is 88.6 cm³/mol. The van der Waals surface area contributed by atoms with Crippen LogP contribution in [0.1, 0.15) is 18.1 Å². The standard InChI is InChI=1S/C17H14ClNO6/c1-9(20)19-25-17(23)12(11-4-2-3-5-13(11)18)8-24-15-7-10(21)6-14(22)16(15)17/h2-8,21-23H,1H3,(H,19,20). The van der Waals surface area contributed by atoms with Gasteiger partial charge in [0.25, 0.3) is 5.79 Å². The zero-order valence-corrected chi connectivity index (χ0v) is 13.7. The summed E-state index contributed by atoms with van der Waals surface area (Å²) in [7, 11) is 0. The van der Waals surface area contributed by atoms with Crippen LogP contribution in [0.5, 0.6) is 17.2 Å². The number of fused-ring (bicyclic) bond motifs is 1. The third-order valence-electron chi connectivity index (χ3n) is 3.58. The number of phenols is 2. The van der Waals surface area contributed by atoms with Crippen molar-refractivity contribution in [3.63, 3.8) is 0 Å². The SMILES string of the molecule is CC(=O)NOC1(O)C(c2ccccc2Cl)=COc2cc(O)cc(O)c21. The molecule has 0 spiro atoms. The smallest absolute Gasteiger partial charge is 0.254 e. The third-order valence-corrected chi connectivity index (χ3v) is 3.91. The number of halogens is 1. The summed E-state index contributed by atoms with van der Waals surface area (Å²) in [4.78, 5) is 16.5. The molecule has 25 heavy (non-hydrogen) atoms. The molecule has 0 bridgehead atoms. The summed E-state index contributed by atoms with van der Waals surface area (Å²) < 4.78 is 5.42. The van der Waals surface area contributed by atoms with Crippen LogP contribution in [-0.2, 0) is 15.4 Å². The van der Waals surface area contributed by atoms with Crippen molar-refractivity contribution < 1.29 is 29.7 Å². The molecule has 1 aliphatic rings. The first-order valence-electron chi connectivity index (χ1n) is 7.18. The quantitative estimate of drug-likeness (QED) is 0.492. The van der Waals surface area contributed by atoms with Crippen molar-refractivity contribution >= 4 is 23.1 Å². The number of hydrogen-bond acceptors (Lipinski definition) is 6. The minimum absolute atomic E-state index is 0.0406. The van der Waals surface area contributed by atoms with Gasteiger partial charge in [-0.1, -0.05) is 29.8 Å². The number of benzene rings is 2. The van der Waals surface area contributed by atoms with Gasteiger partial charge in [-0.25, -0.2) is 10.3 Å². The van der Waals surface area contributed by atoms with Gasteiger partial charge >= 0.3 is 0 Å². The lowest BCUT2D eigenvalue weighted by atomic mass is 9.89. The van der Waals surface area contributed by atoms with E-state index >= 15 is 0 Å². The van der Waals surface area contributed by atoms with Gasteiger partial charge < -0.3 is 20.1 Å². The van der Waals surface area contributed by atoms with Crippen LogP contribution >= 0.6 is 11.6 Å². The minimum Gasteiger partial charge on any atom is -0.508 e. The number of phenolic OH excluding ortho intramolecular Hbond substituents is 2. The molecular formula is C17H14ClNO6. The molecule has 4 N–H and O–H groups in total. The first-order chi connectivity index (χ1) is 11.8. The number of nitrogens with one attached hydrogen (secondary N) is 1. The van der Waals surface area contributed by atoms with Crippen molar-refractivity contribution in [2.75, 3.05) is 0 Å². The number of aliphatic hydroxyl groups is 1. The molecule has 7 nitrogen and oxygen atoms in total. The van der Waals surface area contributed by atoms with E-state index in [2.05, 4.69) is 5.48 Å². The molecule has 0 saturated heterocycles. The normalized spacial score (nSPS) is 18.8. The Labute approximate surface area is 147 Å². The molecule has 3 rings (SSSR count). The van der Waals surface area contributed by atoms with Crippen LogP contribution < -0.4 is 10.2 Å². The van der Waals surface area contributed by atoms with Gasteiger partial charge in [0.1, 0.15) is 29.1 Å². The van der Waals surface area contributed by atoms with Gasteiger partial charge in [0.05, 0.1) is 5.57 Å². The lowest BCUT2D eigenvalue weighted by molar-refractivity contribution is -0.211. The minimum atomic E-state index is -2.30. The van der Waals surface area contributed by atoms with Crippen molar-refractivity contribution in [1.29, 1.82) is 0 Å². The molecule has 8 heteroatoms. The lowest BCUT2D eigenvalue weighted by Crippen LogP contribution is -2.40. The summed E-state index contributed by atoms with van der Waals surface area (Å²) in [5.74, 6) is -3.67. The maximum Gasteiger partial charge on any atom is 0.254 e. The Bertz CT molecular complexity index is 881. The van der Waals surface area contributed by atoms with Crippen molar-refractivity contribution in [3.8, 4) is 17.2 Å². The molecule has 1 heterocycles. The van der Waals surface area contributed by atoms with E-state index in [1.807, 2.05) is 0 Å². The van der Waals surface area contributed by atoms with Crippen LogP contribution in [0.3, 0.4) is 0 Å². The molecule has 0 aromatic heterocycles. The number of hydroxylamine groups is 1. The monoisotopic (exact) mass is 363 g/mol. The Kier molecular flexibility index (Phi) is 4.30. The molecule has 1 unspecified atom stereocenters. The number of hydrogen-bond donors (Lipinski definition) is 4. The Balaban J connectivity index is 2.20. The van der Waals surface area contributed by atoms with Crippen molar-refractivity contribution in [2.24, 2.45) is 0 Å². The van der Waals surface area contributed by atoms with Gasteiger partial charge in [0, 0.05) is 29.6 Å². The molecule has 0 aliphatic carbocycles. The summed E-state index contributed by atoms with van der Waals surface area (Å²) in [6.07, 6.45) is 1.17. The van der Waals surface area contributed by atoms with Crippen LogP contribution in [0.15, 0.2) is 42.7 Å². The second-order valence-corrected chi connectivity index (χ2v) is 5.78. The van der Waals surface area contributed by atoms with Gasteiger partial charge in [0.2, 0.25) is 5.91 Å². The van der Waals surface area contributed by atoms with E-state index in [4.69, 9.17) is 21.2 Å². The van der Waals surface area contributed by atoms with E-state index in [-0.39, 0.29) is 22.6 Å². The highest BCUT2D eigenvalue weighted by Crippen LogP contribution is 2.50. The third kappa shape index (κ3) is 3.00. The van der Waals surface area contributed by atoms with E-state index in [1.54, 1.807) is 24.3 Å². The van der Waals surface area contributed by atoms with Gasteiger partial charge in [-0.05, 0) is 6.07 Å². The van der Waals surface area contributed by atoms with Gasteiger partial charge in [-0.2, -0.15) is 0 Å². The molecule has 1 atom stereocenters. The second-order valence-electron chi connectivity index (χ2n) is 5.37. The maximum atomic E-state index is 11.3. The lowest BCUT2D eigenvalue weighted by Gasteiger charge is -2.34. The van der Waals surface area contributed by atoms with E-state index in [0.29, 0.717) is 10.6 Å². The van der Waals surface area contributed by atoms with Gasteiger partial charge in [-0.3, -0.25) is 4.79 Å². The molecule has 0 fully saturated rings. The first-order valence-corrected chi connectivity index (χ1v) is 7.56. The van der Waals surface area contributed by atoms with Crippen LogP contribution in [0.4, 0.5) is 0 Å². The van der Waals surface area contributed by atoms with Crippen LogP contribution in [0.2, 0.25) is 5.02 Å². The molecule has 2 aromatic rings. The highest BCUT2D eigenvalue weighted by atomic mass is 35.5. The molecule has 2 aromatic carbocycles. The fraction of sp³-hybridized carbons (Fsp3) is 0.118. The van der Waals surface area contributed by atoms with Gasteiger partial charge in [-0.15, -0.1) is 0 Å². The maximum absolute atomic E-state index is 11.3. The number of carbonyl (C=O) groups is 1. The van der Waals surface area contributed by atoms with Crippen molar-refractivity contribution in [3.05, 3.63) is 58.8 Å². The summed E-state index contributed by atoms with van der Waals surface area (Å²) in [5.41, 5.74) is 2.30. The van der Waals surface area contributed by atoms with Crippen LogP contribution in [-0.4, -0.2) is 21.2 Å². The number of aromatic hydroxyl groups is 2. The topological polar surface area (TPSA) is 108 Å². The summed E-state index contributed by atoms with van der Waals surface area (Å²) in [6.45, 7) is 1.19. The number of ether oxygens (including phenoxy) is 1. The summed E-state index contributed by atoms with van der Waals surface area (Å²) in [6, 6.07) is 8.81. The predicted octanol–water partition coefficient (Wildman–Crippen LogP) is 2.40. The largest absolute Gasteiger partial charge is 0.508 e. The highest BCUT2D eigenvalue weighted by Gasteiger charge is 2.46. The molecule has 130 valence electrons. The fourth-order valence-corrected chi connectivity index (χ4v) is 2.77. The number of rotatable bonds is 3. The zero-order valence-electron chi connectivity index (χ0n) is 13.0. The average molecular weight is 364 g/mol. The highest BCUT2D eigenvalue weighted by molar-refractivity contribution is 6.32. The van der Waals surface area contributed by atoms with E-state index in [0.717, 1.165) is 6.07 Å². The van der Waals surface area contributed by atoms with Crippen molar-refractivity contribution in [1.82, 2.24) is 5.48 Å². The Morgan fingerprint density at radius 3 is 2.68 bits per heavy atom. The first kappa shape index (κ1) is 17.1. The fourth-order valence-electron chi connectivity index (χ4n) is 2.53. The van der Waals surface area contributed by atoms with Crippen LogP contribution in [0, 0.1) is 0 Å². The molecule has 0 saturated carbocycles. The Morgan fingerprint density at radius 1 is 1.28 bits per heavy atom. The molecular weight excluding hydrogens is 350 g/mol. The average Bonchev–Trinajstić information content (AvgIpc) is 2.53. The van der Waals surface area contributed by atoms with E-state index < -0.39 is 17.4 Å². The van der Waals surface area contributed by atoms with E-state index in [9.17, 15) is 20.1 Å². The molecule has 1 aliphatic heterocycles. The van der Waals surface area contributed by atoms with E-state index in [1.165, 1.54) is 19.3 Å². The Morgan fingerprint density at radius 2 is 2.00 bits per heavy atom. The molecule has 1 amide bonds. The summed E-state index contributed by atoms with van der Waals surface area (Å²) >= 11 is 6.19. The Hall–Kier alpha value is -2.74. The number of amides is 1. The van der Waals surface area contributed by atoms with Crippen molar-refractivity contribution in [2.45, 2.75) is 12.7 Å². The van der Waals surface area contributed by atoms with Crippen LogP contribution in [0.25, 0.3) is 5.57 Å².